The van der Waals surface area contributed by atoms with E-state index in [4.69, 9.17) is 4.74 Å². The van der Waals surface area contributed by atoms with Crippen molar-refractivity contribution in [1.82, 2.24) is 19.6 Å². The molecule has 0 saturated carbocycles. The monoisotopic (exact) mass is 280 g/mol. The van der Waals surface area contributed by atoms with Crippen LogP contribution in [-0.2, 0) is 11.8 Å². The Bertz CT molecular complexity index is 504. The molecule has 1 aliphatic rings. The Morgan fingerprint density at radius 1 is 1.25 bits per heavy atom. The van der Waals surface area contributed by atoms with Crippen LogP contribution in [0.15, 0.2) is 6.20 Å². The molecule has 7 heteroatoms. The maximum Gasteiger partial charge on any atom is 0.409 e. The Hall–Kier alpha value is -2.05. The van der Waals surface area contributed by atoms with Gasteiger partial charge in [-0.3, -0.25) is 9.48 Å². The highest BCUT2D eigenvalue weighted by atomic mass is 16.6. The summed E-state index contributed by atoms with van der Waals surface area (Å²) in [5.41, 5.74) is 1.35. The lowest BCUT2D eigenvalue weighted by Gasteiger charge is -2.33. The van der Waals surface area contributed by atoms with Crippen molar-refractivity contribution in [2.24, 2.45) is 7.05 Å². The molecule has 1 aliphatic heterocycles. The molecular weight excluding hydrogens is 260 g/mol. The smallest absolute Gasteiger partial charge is 0.409 e. The summed E-state index contributed by atoms with van der Waals surface area (Å²) in [4.78, 5) is 27.3. The van der Waals surface area contributed by atoms with Crippen molar-refractivity contribution in [3.8, 4) is 0 Å². The molecule has 2 heterocycles. The first-order valence-electron chi connectivity index (χ1n) is 6.74. The fourth-order valence-corrected chi connectivity index (χ4v) is 2.29. The van der Waals surface area contributed by atoms with Gasteiger partial charge in [0, 0.05) is 39.4 Å². The van der Waals surface area contributed by atoms with Gasteiger partial charge in [-0.2, -0.15) is 5.10 Å². The highest BCUT2D eigenvalue weighted by molar-refractivity contribution is 5.95. The molecule has 0 radical (unpaired) electrons. The van der Waals surface area contributed by atoms with Gasteiger partial charge in [0.05, 0.1) is 17.9 Å². The predicted molar refractivity (Wildman–Crippen MR) is 72.4 cm³/mol. The molecular formula is C13H20N4O3. The van der Waals surface area contributed by atoms with Gasteiger partial charge < -0.3 is 14.5 Å². The van der Waals surface area contributed by atoms with Crippen LogP contribution in [-0.4, -0.2) is 64.4 Å². The number of hydrogen-bond donors (Lipinski definition) is 0. The van der Waals surface area contributed by atoms with Crippen molar-refractivity contribution in [1.29, 1.82) is 0 Å². The first kappa shape index (κ1) is 14.4. The third kappa shape index (κ3) is 2.92. The standard InChI is InChI=1S/C13H20N4O3/c1-4-20-13(19)17-7-5-16(6-8-17)12(18)11-9-15(3)14-10(11)2/h9H,4-8H2,1-3H3. The van der Waals surface area contributed by atoms with Crippen LogP contribution in [0, 0.1) is 6.92 Å². The van der Waals surface area contributed by atoms with Crippen LogP contribution >= 0.6 is 0 Å². The molecule has 2 rings (SSSR count). The number of carbonyl (C=O) groups excluding carboxylic acids is 2. The van der Waals surface area contributed by atoms with Crippen LogP contribution in [0.3, 0.4) is 0 Å². The topological polar surface area (TPSA) is 67.7 Å². The van der Waals surface area contributed by atoms with E-state index >= 15 is 0 Å². The molecule has 0 spiro atoms. The molecule has 0 bridgehead atoms. The molecule has 0 atom stereocenters. The maximum atomic E-state index is 12.4. The molecule has 0 N–H and O–H groups in total. The third-order valence-corrected chi connectivity index (χ3v) is 3.34. The van der Waals surface area contributed by atoms with Crippen molar-refractivity contribution in [3.05, 3.63) is 17.5 Å². The number of hydrogen-bond acceptors (Lipinski definition) is 4. The summed E-state index contributed by atoms with van der Waals surface area (Å²) in [5, 5.41) is 4.18. The molecule has 20 heavy (non-hydrogen) atoms. The van der Waals surface area contributed by atoms with Gasteiger partial charge in [0.2, 0.25) is 0 Å². The average molecular weight is 280 g/mol. The zero-order valence-corrected chi connectivity index (χ0v) is 12.1. The second-order valence-corrected chi connectivity index (χ2v) is 4.78. The predicted octanol–water partition coefficient (Wildman–Crippen LogP) is 0.643. The lowest BCUT2D eigenvalue weighted by atomic mass is 10.2. The number of carbonyl (C=O) groups is 2. The Labute approximate surface area is 118 Å². The average Bonchev–Trinajstić information content (AvgIpc) is 2.77. The minimum atomic E-state index is -0.308. The molecule has 1 fully saturated rings. The van der Waals surface area contributed by atoms with Crippen LogP contribution < -0.4 is 0 Å². The molecule has 1 saturated heterocycles. The quantitative estimate of drug-likeness (QED) is 0.797. The lowest BCUT2D eigenvalue weighted by molar-refractivity contribution is 0.0570. The number of aryl methyl sites for hydroxylation is 2. The van der Waals surface area contributed by atoms with Gasteiger partial charge in [0.15, 0.2) is 0 Å². The van der Waals surface area contributed by atoms with Crippen LogP contribution in [0.25, 0.3) is 0 Å². The molecule has 110 valence electrons. The van der Waals surface area contributed by atoms with E-state index in [1.165, 1.54) is 0 Å². The number of piperazine rings is 1. The van der Waals surface area contributed by atoms with E-state index in [-0.39, 0.29) is 12.0 Å². The van der Waals surface area contributed by atoms with Crippen molar-refractivity contribution >= 4 is 12.0 Å². The van der Waals surface area contributed by atoms with Gasteiger partial charge in [-0.05, 0) is 13.8 Å². The van der Waals surface area contributed by atoms with Gasteiger partial charge in [-0.15, -0.1) is 0 Å². The maximum absolute atomic E-state index is 12.4. The van der Waals surface area contributed by atoms with Crippen LogP contribution in [0.1, 0.15) is 23.0 Å². The van der Waals surface area contributed by atoms with Crippen molar-refractivity contribution < 1.29 is 14.3 Å². The molecule has 7 nitrogen and oxygen atoms in total. The van der Waals surface area contributed by atoms with Crippen LogP contribution in [0.2, 0.25) is 0 Å². The molecule has 2 amide bonds. The number of ether oxygens (including phenoxy) is 1. The molecule has 0 aliphatic carbocycles. The molecule has 0 unspecified atom stereocenters. The zero-order chi connectivity index (χ0) is 14.7. The third-order valence-electron chi connectivity index (χ3n) is 3.34. The minimum Gasteiger partial charge on any atom is -0.450 e. The van der Waals surface area contributed by atoms with Gasteiger partial charge in [0.1, 0.15) is 0 Å². The first-order valence-corrected chi connectivity index (χ1v) is 6.74. The van der Waals surface area contributed by atoms with Gasteiger partial charge in [0.25, 0.3) is 5.91 Å². The van der Waals surface area contributed by atoms with Crippen LogP contribution in [0.5, 0.6) is 0 Å². The van der Waals surface area contributed by atoms with Gasteiger partial charge >= 0.3 is 6.09 Å². The SMILES string of the molecule is CCOC(=O)N1CCN(C(=O)c2cn(C)nc2C)CC1. The van der Waals surface area contributed by atoms with E-state index in [1.807, 2.05) is 6.92 Å². The molecule has 1 aromatic heterocycles. The summed E-state index contributed by atoms with van der Waals surface area (Å²) >= 11 is 0. The Morgan fingerprint density at radius 2 is 1.85 bits per heavy atom. The van der Waals surface area contributed by atoms with E-state index in [0.29, 0.717) is 38.3 Å². The Kier molecular flexibility index (Phi) is 4.26. The number of amides is 2. The lowest BCUT2D eigenvalue weighted by Crippen LogP contribution is -2.50. The number of rotatable bonds is 2. The summed E-state index contributed by atoms with van der Waals surface area (Å²) in [6, 6.07) is 0. The summed E-state index contributed by atoms with van der Waals surface area (Å²) in [7, 11) is 1.79. The zero-order valence-electron chi connectivity index (χ0n) is 12.1. The van der Waals surface area contributed by atoms with E-state index < -0.39 is 0 Å². The largest absolute Gasteiger partial charge is 0.450 e. The van der Waals surface area contributed by atoms with E-state index in [0.717, 1.165) is 5.69 Å². The summed E-state index contributed by atoms with van der Waals surface area (Å²) in [5.74, 6) is -0.0286. The second-order valence-electron chi connectivity index (χ2n) is 4.78. The summed E-state index contributed by atoms with van der Waals surface area (Å²) in [6.07, 6.45) is 1.42. The van der Waals surface area contributed by atoms with E-state index in [2.05, 4.69) is 5.10 Å². The van der Waals surface area contributed by atoms with Crippen molar-refractivity contribution in [2.45, 2.75) is 13.8 Å². The molecule has 0 aromatic carbocycles. The van der Waals surface area contributed by atoms with E-state index in [1.54, 1.807) is 34.6 Å². The highest BCUT2D eigenvalue weighted by Crippen LogP contribution is 2.12. The highest BCUT2D eigenvalue weighted by Gasteiger charge is 2.26. The fourth-order valence-electron chi connectivity index (χ4n) is 2.29. The normalized spacial score (nSPS) is 15.3. The van der Waals surface area contributed by atoms with Gasteiger partial charge in [-0.25, -0.2) is 4.79 Å². The first-order chi connectivity index (χ1) is 9.52. The Balaban J connectivity index is 1.95. The Morgan fingerprint density at radius 3 is 2.35 bits per heavy atom. The fraction of sp³-hybridized carbons (Fsp3) is 0.615. The van der Waals surface area contributed by atoms with Crippen molar-refractivity contribution in [2.75, 3.05) is 32.8 Å². The van der Waals surface area contributed by atoms with Gasteiger partial charge in [-0.1, -0.05) is 0 Å². The second kappa shape index (κ2) is 5.94. The minimum absolute atomic E-state index is 0.0286. The molecule has 1 aromatic rings. The number of aromatic nitrogens is 2. The summed E-state index contributed by atoms with van der Waals surface area (Å²) in [6.45, 7) is 6.02. The number of nitrogens with zero attached hydrogens (tertiary/aromatic N) is 4. The van der Waals surface area contributed by atoms with E-state index in [9.17, 15) is 9.59 Å². The van der Waals surface area contributed by atoms with Crippen molar-refractivity contribution in [3.63, 3.8) is 0 Å². The summed E-state index contributed by atoms with van der Waals surface area (Å²) < 4.78 is 6.59. The van der Waals surface area contributed by atoms with Crippen LogP contribution in [0.4, 0.5) is 4.79 Å².